The van der Waals surface area contributed by atoms with Crippen LogP contribution < -0.4 is 4.72 Å². The molecule has 3 rings (SSSR count). The molecule has 0 radical (unpaired) electrons. The van der Waals surface area contributed by atoms with E-state index in [9.17, 15) is 13.2 Å². The summed E-state index contributed by atoms with van der Waals surface area (Å²) >= 11 is 1.61. The molecule has 2 aromatic heterocycles. The van der Waals surface area contributed by atoms with E-state index in [-0.39, 0.29) is 16.9 Å². The van der Waals surface area contributed by atoms with Crippen molar-refractivity contribution in [2.45, 2.75) is 24.3 Å². The molecule has 0 unspecified atom stereocenters. The van der Waals surface area contributed by atoms with Gasteiger partial charge in [0.1, 0.15) is 0 Å². The standard InChI is InChI=1S/C14H14N2O3S2/c1-9-5-7-20-13(9)10-8-11(10)14(17)16-21(18,19)12-4-2-3-6-15-12/h2-7,10-11H,8H2,1H3,(H,16,17)/t10-,11-/m0/s1. The van der Waals surface area contributed by atoms with Crippen LogP contribution in [0.15, 0.2) is 40.9 Å². The third-order valence-electron chi connectivity index (χ3n) is 3.51. The summed E-state index contributed by atoms with van der Waals surface area (Å²) in [6.07, 6.45) is 2.08. The number of sulfonamides is 1. The van der Waals surface area contributed by atoms with Gasteiger partial charge in [0.05, 0.1) is 0 Å². The number of carbonyl (C=O) groups excluding carboxylic acids is 1. The first-order valence-corrected chi connectivity index (χ1v) is 8.87. The quantitative estimate of drug-likeness (QED) is 0.935. The van der Waals surface area contributed by atoms with Gasteiger partial charge in [0.15, 0.2) is 5.03 Å². The highest BCUT2D eigenvalue weighted by Gasteiger charge is 2.46. The summed E-state index contributed by atoms with van der Waals surface area (Å²) in [6.45, 7) is 2.00. The Morgan fingerprint density at radius 3 is 2.81 bits per heavy atom. The lowest BCUT2D eigenvalue weighted by Crippen LogP contribution is -2.32. The number of hydrogen-bond donors (Lipinski definition) is 1. The lowest BCUT2D eigenvalue weighted by Gasteiger charge is -2.05. The van der Waals surface area contributed by atoms with Crippen LogP contribution in [0.4, 0.5) is 0 Å². The van der Waals surface area contributed by atoms with E-state index in [1.807, 2.05) is 18.4 Å². The monoisotopic (exact) mass is 322 g/mol. The van der Waals surface area contributed by atoms with Crippen molar-refractivity contribution in [3.05, 3.63) is 46.3 Å². The number of aromatic nitrogens is 1. The van der Waals surface area contributed by atoms with Crippen LogP contribution in [0.2, 0.25) is 0 Å². The van der Waals surface area contributed by atoms with Gasteiger partial charge < -0.3 is 0 Å². The first-order valence-electron chi connectivity index (χ1n) is 6.51. The molecule has 0 spiro atoms. The molecule has 2 heterocycles. The molecule has 0 aromatic carbocycles. The molecule has 7 heteroatoms. The zero-order valence-corrected chi connectivity index (χ0v) is 12.9. The van der Waals surface area contributed by atoms with Gasteiger partial charge >= 0.3 is 0 Å². The van der Waals surface area contributed by atoms with Crippen molar-refractivity contribution >= 4 is 27.3 Å². The minimum Gasteiger partial charge on any atom is -0.274 e. The molecule has 1 aliphatic rings. The maximum Gasteiger partial charge on any atom is 0.281 e. The molecule has 1 N–H and O–H groups in total. The summed E-state index contributed by atoms with van der Waals surface area (Å²) in [5.41, 5.74) is 1.16. The maximum absolute atomic E-state index is 12.1. The molecular weight excluding hydrogens is 308 g/mol. The molecule has 1 amide bonds. The molecule has 0 saturated heterocycles. The van der Waals surface area contributed by atoms with Crippen molar-refractivity contribution in [3.63, 3.8) is 0 Å². The Morgan fingerprint density at radius 2 is 2.19 bits per heavy atom. The Bertz CT molecular complexity index is 769. The second-order valence-electron chi connectivity index (χ2n) is 5.05. The molecule has 5 nitrogen and oxygen atoms in total. The fourth-order valence-electron chi connectivity index (χ4n) is 2.31. The molecular formula is C14H14N2O3S2. The van der Waals surface area contributed by atoms with Gasteiger partial charge in [-0.25, -0.2) is 9.71 Å². The van der Waals surface area contributed by atoms with E-state index in [0.29, 0.717) is 6.42 Å². The fourth-order valence-corrected chi connectivity index (χ4v) is 4.39. The second kappa shape index (κ2) is 5.23. The molecule has 2 atom stereocenters. The topological polar surface area (TPSA) is 76.1 Å². The van der Waals surface area contributed by atoms with Gasteiger partial charge in [-0.1, -0.05) is 6.07 Å². The number of carbonyl (C=O) groups is 1. The van der Waals surface area contributed by atoms with Gasteiger partial charge in [0.2, 0.25) is 5.91 Å². The van der Waals surface area contributed by atoms with E-state index in [1.165, 1.54) is 17.1 Å². The van der Waals surface area contributed by atoms with Gasteiger partial charge in [-0.15, -0.1) is 11.3 Å². The van der Waals surface area contributed by atoms with Gasteiger partial charge in [-0.3, -0.25) is 4.79 Å². The van der Waals surface area contributed by atoms with Crippen LogP contribution in [-0.4, -0.2) is 19.3 Å². The molecule has 1 aliphatic carbocycles. The highest BCUT2D eigenvalue weighted by Crippen LogP contribution is 2.50. The van der Waals surface area contributed by atoms with E-state index >= 15 is 0 Å². The largest absolute Gasteiger partial charge is 0.281 e. The van der Waals surface area contributed by atoms with E-state index in [0.717, 1.165) is 5.56 Å². The van der Waals surface area contributed by atoms with Crippen LogP contribution in [0.3, 0.4) is 0 Å². The summed E-state index contributed by atoms with van der Waals surface area (Å²) in [4.78, 5) is 17.0. The predicted octanol–water partition coefficient (Wildman–Crippen LogP) is 2.06. The highest BCUT2D eigenvalue weighted by atomic mass is 32.2. The van der Waals surface area contributed by atoms with Crippen LogP contribution >= 0.6 is 11.3 Å². The Balaban J connectivity index is 1.70. The van der Waals surface area contributed by atoms with E-state index in [1.54, 1.807) is 23.5 Å². The second-order valence-corrected chi connectivity index (χ2v) is 7.63. The smallest absolute Gasteiger partial charge is 0.274 e. The number of nitrogens with zero attached hydrogens (tertiary/aromatic N) is 1. The Kier molecular flexibility index (Phi) is 3.54. The normalized spacial score (nSPS) is 21.0. The first-order chi connectivity index (χ1) is 9.99. The van der Waals surface area contributed by atoms with Gasteiger partial charge in [0.25, 0.3) is 10.0 Å². The molecule has 2 aromatic rings. The summed E-state index contributed by atoms with van der Waals surface area (Å²) < 4.78 is 26.2. The number of thiophene rings is 1. The van der Waals surface area contributed by atoms with Crippen molar-refractivity contribution < 1.29 is 13.2 Å². The number of pyridine rings is 1. The molecule has 1 fully saturated rings. The van der Waals surface area contributed by atoms with Crippen molar-refractivity contribution in [2.24, 2.45) is 5.92 Å². The van der Waals surface area contributed by atoms with Crippen molar-refractivity contribution in [1.82, 2.24) is 9.71 Å². The van der Waals surface area contributed by atoms with E-state index in [4.69, 9.17) is 0 Å². The summed E-state index contributed by atoms with van der Waals surface area (Å²) in [6, 6.07) is 6.57. The van der Waals surface area contributed by atoms with Crippen molar-refractivity contribution in [1.29, 1.82) is 0 Å². The lowest BCUT2D eigenvalue weighted by atomic mass is 10.2. The molecule has 21 heavy (non-hydrogen) atoms. The number of amides is 1. The van der Waals surface area contributed by atoms with Gasteiger partial charge in [-0.2, -0.15) is 8.42 Å². The average molecular weight is 322 g/mol. The highest BCUT2D eigenvalue weighted by molar-refractivity contribution is 7.90. The average Bonchev–Trinajstić information content (AvgIpc) is 3.15. The summed E-state index contributed by atoms with van der Waals surface area (Å²) in [7, 11) is -3.87. The van der Waals surface area contributed by atoms with Gasteiger partial charge in [0, 0.05) is 22.9 Å². The van der Waals surface area contributed by atoms with Crippen LogP contribution in [-0.2, 0) is 14.8 Å². The first kappa shape index (κ1) is 14.2. The van der Waals surface area contributed by atoms with E-state index < -0.39 is 15.9 Å². The molecule has 110 valence electrons. The summed E-state index contributed by atoms with van der Waals surface area (Å²) in [5.74, 6) is -0.566. The summed E-state index contributed by atoms with van der Waals surface area (Å²) in [5, 5.41) is 1.85. The number of hydrogen-bond acceptors (Lipinski definition) is 5. The van der Waals surface area contributed by atoms with Crippen molar-refractivity contribution in [2.75, 3.05) is 0 Å². The SMILES string of the molecule is Cc1ccsc1[C@H]1C[C@@H]1C(=O)NS(=O)(=O)c1ccccn1. The minimum atomic E-state index is -3.87. The predicted molar refractivity (Wildman–Crippen MR) is 79.5 cm³/mol. The number of rotatable bonds is 4. The molecule has 0 bridgehead atoms. The number of nitrogens with one attached hydrogen (secondary N) is 1. The Hall–Kier alpha value is -1.73. The maximum atomic E-state index is 12.1. The zero-order chi connectivity index (χ0) is 15.0. The van der Waals surface area contributed by atoms with Crippen LogP contribution in [0.25, 0.3) is 0 Å². The van der Waals surface area contributed by atoms with Crippen molar-refractivity contribution in [3.8, 4) is 0 Å². The third kappa shape index (κ3) is 2.84. The Morgan fingerprint density at radius 1 is 1.38 bits per heavy atom. The number of aryl methyl sites for hydroxylation is 1. The third-order valence-corrected chi connectivity index (χ3v) is 5.93. The lowest BCUT2D eigenvalue weighted by molar-refractivity contribution is -0.120. The zero-order valence-electron chi connectivity index (χ0n) is 11.3. The van der Waals surface area contributed by atoms with E-state index in [2.05, 4.69) is 9.71 Å². The van der Waals surface area contributed by atoms with Gasteiger partial charge in [-0.05, 0) is 42.5 Å². The fraction of sp³-hybridized carbons (Fsp3) is 0.286. The van der Waals surface area contributed by atoms with Crippen LogP contribution in [0.1, 0.15) is 22.8 Å². The van der Waals surface area contributed by atoms with Crippen LogP contribution in [0, 0.1) is 12.8 Å². The van der Waals surface area contributed by atoms with Crippen LogP contribution in [0.5, 0.6) is 0 Å². The molecule has 0 aliphatic heterocycles. The molecule has 1 saturated carbocycles. The Labute approximate surface area is 127 Å². The minimum absolute atomic E-state index is 0.136.